The molecule has 0 bridgehead atoms. The van der Waals surface area contributed by atoms with Crippen molar-refractivity contribution < 1.29 is 4.79 Å². The van der Waals surface area contributed by atoms with Crippen LogP contribution < -0.4 is 5.32 Å². The van der Waals surface area contributed by atoms with E-state index in [0.717, 1.165) is 11.0 Å². The number of hydrogen-bond acceptors (Lipinski definition) is 2. The van der Waals surface area contributed by atoms with E-state index in [4.69, 9.17) is 0 Å². The van der Waals surface area contributed by atoms with Crippen LogP contribution in [0.5, 0.6) is 0 Å². The summed E-state index contributed by atoms with van der Waals surface area (Å²) in [7, 11) is 4.01. The lowest BCUT2D eigenvalue weighted by atomic mass is 9.85. The number of rotatable bonds is 7. The fourth-order valence-corrected chi connectivity index (χ4v) is 2.40. The lowest BCUT2D eigenvalue weighted by molar-refractivity contribution is -0.121. The van der Waals surface area contributed by atoms with Crippen LogP contribution in [0.15, 0.2) is 28.7 Å². The van der Waals surface area contributed by atoms with Crippen molar-refractivity contribution in [3.63, 3.8) is 0 Å². The van der Waals surface area contributed by atoms with Crippen LogP contribution in [0.2, 0.25) is 0 Å². The van der Waals surface area contributed by atoms with Crippen LogP contribution in [0.3, 0.4) is 0 Å². The van der Waals surface area contributed by atoms with Crippen molar-refractivity contribution in [3.8, 4) is 0 Å². The Kier molecular flexibility index (Phi) is 7.24. The van der Waals surface area contributed by atoms with Crippen LogP contribution in [0.25, 0.3) is 0 Å². The average Bonchev–Trinajstić information content (AvgIpc) is 2.36. The van der Waals surface area contributed by atoms with Gasteiger partial charge in [0.1, 0.15) is 0 Å². The second-order valence-corrected chi connectivity index (χ2v) is 6.68. The molecule has 0 aliphatic heterocycles. The number of likely N-dealkylation sites (N-methyl/N-ethyl adjacent to an activating group) is 1. The van der Waals surface area contributed by atoms with Gasteiger partial charge >= 0.3 is 0 Å². The quantitative estimate of drug-likeness (QED) is 0.826. The summed E-state index contributed by atoms with van der Waals surface area (Å²) in [5, 5.41) is 2.99. The Morgan fingerprint density at radius 2 is 1.85 bits per heavy atom. The number of benzene rings is 1. The number of hydrogen-bond donors (Lipinski definition) is 1. The van der Waals surface area contributed by atoms with Gasteiger partial charge in [-0.05, 0) is 43.6 Å². The molecule has 3 nitrogen and oxygen atoms in total. The first kappa shape index (κ1) is 17.2. The van der Waals surface area contributed by atoms with Crippen molar-refractivity contribution in [2.24, 2.45) is 5.92 Å². The van der Waals surface area contributed by atoms with Crippen molar-refractivity contribution >= 4 is 21.8 Å². The van der Waals surface area contributed by atoms with Gasteiger partial charge in [-0.3, -0.25) is 4.79 Å². The third kappa shape index (κ3) is 6.06. The predicted octanol–water partition coefficient (Wildman–Crippen LogP) is 3.26. The number of halogens is 1. The van der Waals surface area contributed by atoms with Gasteiger partial charge in [-0.15, -0.1) is 0 Å². The number of nitrogens with zero attached hydrogens (tertiary/aromatic N) is 1. The summed E-state index contributed by atoms with van der Waals surface area (Å²) >= 11 is 3.45. The molecule has 0 aliphatic carbocycles. The van der Waals surface area contributed by atoms with E-state index in [0.29, 0.717) is 18.9 Å². The van der Waals surface area contributed by atoms with Gasteiger partial charge in [-0.25, -0.2) is 0 Å². The highest BCUT2D eigenvalue weighted by Gasteiger charge is 2.19. The normalized spacial score (nSPS) is 12.8. The van der Waals surface area contributed by atoms with Crippen LogP contribution in [-0.2, 0) is 4.79 Å². The second-order valence-electron chi connectivity index (χ2n) is 5.76. The molecule has 0 heterocycles. The molecule has 1 unspecified atom stereocenters. The Bertz CT molecular complexity index is 415. The molecule has 4 heteroatoms. The van der Waals surface area contributed by atoms with Crippen molar-refractivity contribution in [1.82, 2.24) is 10.2 Å². The molecule has 20 heavy (non-hydrogen) atoms. The van der Waals surface area contributed by atoms with Gasteiger partial charge in [0, 0.05) is 24.0 Å². The number of carbonyl (C=O) groups is 1. The largest absolute Gasteiger partial charge is 0.355 e. The minimum Gasteiger partial charge on any atom is -0.355 e. The molecule has 0 saturated carbocycles. The first-order chi connectivity index (χ1) is 9.40. The standard InChI is InChI=1S/C16H25BrN2O/c1-12(2)15(13-5-7-14(17)8-6-13)11-16(20)18-9-10-19(3)4/h5-8,12,15H,9-11H2,1-4H3,(H,18,20). The van der Waals surface area contributed by atoms with E-state index in [-0.39, 0.29) is 11.8 Å². The molecule has 1 atom stereocenters. The van der Waals surface area contributed by atoms with Crippen LogP contribution in [0, 0.1) is 5.92 Å². The molecule has 0 aliphatic rings. The fraction of sp³-hybridized carbons (Fsp3) is 0.562. The van der Waals surface area contributed by atoms with E-state index >= 15 is 0 Å². The molecule has 1 aromatic rings. The molecule has 0 fully saturated rings. The van der Waals surface area contributed by atoms with Crippen LogP contribution in [0.4, 0.5) is 0 Å². The lowest BCUT2D eigenvalue weighted by Crippen LogP contribution is -2.32. The maximum absolute atomic E-state index is 12.0. The van der Waals surface area contributed by atoms with Crippen molar-refractivity contribution in [1.29, 1.82) is 0 Å². The Labute approximate surface area is 130 Å². The molecule has 112 valence electrons. The minimum absolute atomic E-state index is 0.133. The van der Waals surface area contributed by atoms with Gasteiger partial charge in [0.15, 0.2) is 0 Å². The molecule has 0 radical (unpaired) electrons. The van der Waals surface area contributed by atoms with E-state index in [2.05, 4.69) is 52.1 Å². The Morgan fingerprint density at radius 3 is 2.35 bits per heavy atom. The summed E-state index contributed by atoms with van der Waals surface area (Å²) in [5.74, 6) is 0.840. The molecular weight excluding hydrogens is 316 g/mol. The maximum atomic E-state index is 12.0. The van der Waals surface area contributed by atoms with Crippen molar-refractivity contribution in [2.75, 3.05) is 27.2 Å². The molecular formula is C16H25BrN2O. The highest BCUT2D eigenvalue weighted by atomic mass is 79.9. The first-order valence-corrected chi connectivity index (χ1v) is 7.86. The Hall–Kier alpha value is -0.870. The zero-order valence-electron chi connectivity index (χ0n) is 12.8. The van der Waals surface area contributed by atoms with Crippen LogP contribution in [-0.4, -0.2) is 38.0 Å². The molecule has 1 aromatic carbocycles. The fourth-order valence-electron chi connectivity index (χ4n) is 2.14. The number of carbonyl (C=O) groups excluding carboxylic acids is 1. The van der Waals surface area contributed by atoms with Crippen LogP contribution in [0.1, 0.15) is 31.7 Å². The molecule has 1 amide bonds. The van der Waals surface area contributed by atoms with E-state index in [1.165, 1.54) is 5.56 Å². The summed E-state index contributed by atoms with van der Waals surface area (Å²) in [5.41, 5.74) is 1.23. The summed E-state index contributed by atoms with van der Waals surface area (Å²) in [6.07, 6.45) is 0.548. The molecule has 1 N–H and O–H groups in total. The average molecular weight is 341 g/mol. The van der Waals surface area contributed by atoms with Gasteiger partial charge < -0.3 is 10.2 Å². The summed E-state index contributed by atoms with van der Waals surface area (Å²) in [6.45, 7) is 5.91. The smallest absolute Gasteiger partial charge is 0.220 e. The van der Waals surface area contributed by atoms with Crippen molar-refractivity contribution in [3.05, 3.63) is 34.3 Å². The summed E-state index contributed by atoms with van der Waals surface area (Å²) < 4.78 is 1.07. The molecule has 0 saturated heterocycles. The van der Waals surface area contributed by atoms with Gasteiger partial charge in [-0.1, -0.05) is 41.9 Å². The summed E-state index contributed by atoms with van der Waals surface area (Å²) in [4.78, 5) is 14.1. The third-order valence-electron chi connectivity index (χ3n) is 3.39. The topological polar surface area (TPSA) is 32.3 Å². The minimum atomic E-state index is 0.133. The number of amides is 1. The summed E-state index contributed by atoms with van der Waals surface area (Å²) in [6, 6.07) is 8.27. The van der Waals surface area contributed by atoms with E-state index in [9.17, 15) is 4.79 Å². The maximum Gasteiger partial charge on any atom is 0.220 e. The highest BCUT2D eigenvalue weighted by Crippen LogP contribution is 2.28. The molecule has 0 spiro atoms. The van der Waals surface area contributed by atoms with E-state index in [1.807, 2.05) is 26.2 Å². The van der Waals surface area contributed by atoms with Gasteiger partial charge in [0.2, 0.25) is 5.91 Å². The number of nitrogens with one attached hydrogen (secondary N) is 1. The lowest BCUT2D eigenvalue weighted by Gasteiger charge is -2.21. The predicted molar refractivity (Wildman–Crippen MR) is 87.9 cm³/mol. The molecule has 1 rings (SSSR count). The first-order valence-electron chi connectivity index (χ1n) is 7.07. The van der Waals surface area contributed by atoms with Crippen molar-refractivity contribution in [2.45, 2.75) is 26.2 Å². The highest BCUT2D eigenvalue weighted by molar-refractivity contribution is 9.10. The monoisotopic (exact) mass is 340 g/mol. The molecule has 0 aromatic heterocycles. The zero-order valence-corrected chi connectivity index (χ0v) is 14.4. The van der Waals surface area contributed by atoms with E-state index in [1.54, 1.807) is 0 Å². The SMILES string of the molecule is CC(C)C(CC(=O)NCCN(C)C)c1ccc(Br)cc1. The van der Waals surface area contributed by atoms with Crippen LogP contribution >= 0.6 is 15.9 Å². The zero-order chi connectivity index (χ0) is 15.1. The van der Waals surface area contributed by atoms with Gasteiger partial charge in [0.05, 0.1) is 0 Å². The Morgan fingerprint density at radius 1 is 1.25 bits per heavy atom. The van der Waals surface area contributed by atoms with Gasteiger partial charge in [-0.2, -0.15) is 0 Å². The third-order valence-corrected chi connectivity index (χ3v) is 3.92. The second kappa shape index (κ2) is 8.42. The Balaban J connectivity index is 2.59. The van der Waals surface area contributed by atoms with Gasteiger partial charge in [0.25, 0.3) is 0 Å². The van der Waals surface area contributed by atoms with E-state index < -0.39 is 0 Å².